The van der Waals surface area contributed by atoms with Crippen LogP contribution < -0.4 is 4.74 Å². The monoisotopic (exact) mass is 468 g/mol. The summed E-state index contributed by atoms with van der Waals surface area (Å²) in [6.45, 7) is 4.99. The highest BCUT2D eigenvalue weighted by molar-refractivity contribution is 6.33. The second-order valence-electron chi connectivity index (χ2n) is 7.79. The number of rotatable bonds is 9. The van der Waals surface area contributed by atoms with Gasteiger partial charge in [-0.25, -0.2) is 0 Å². The van der Waals surface area contributed by atoms with E-state index >= 15 is 0 Å². The maximum atomic E-state index is 11.3. The van der Waals surface area contributed by atoms with Crippen molar-refractivity contribution in [2.24, 2.45) is 0 Å². The molecule has 1 aromatic heterocycles. The van der Waals surface area contributed by atoms with Gasteiger partial charge in [0, 0.05) is 24.2 Å². The highest BCUT2D eigenvalue weighted by atomic mass is 35.5. The molecule has 9 heteroatoms. The molecule has 0 aliphatic carbocycles. The summed E-state index contributed by atoms with van der Waals surface area (Å²) in [5.41, 5.74) is 2.62. The predicted octanol–water partition coefficient (Wildman–Crippen LogP) is 4.71. The van der Waals surface area contributed by atoms with Crippen LogP contribution in [0, 0.1) is 11.3 Å². The summed E-state index contributed by atoms with van der Waals surface area (Å²) in [6, 6.07) is 12.9. The number of ether oxygens (including phenoxy) is 2. The first-order valence-electron chi connectivity index (χ1n) is 10.4. The van der Waals surface area contributed by atoms with Crippen molar-refractivity contribution in [2.45, 2.75) is 32.9 Å². The Kier molecular flexibility index (Phi) is 8.04. The number of aromatic nitrogens is 2. The number of nitriles is 1. The third kappa shape index (κ3) is 6.31. The van der Waals surface area contributed by atoms with E-state index in [1.54, 1.807) is 18.2 Å². The van der Waals surface area contributed by atoms with Crippen molar-refractivity contribution in [1.29, 1.82) is 5.26 Å². The molecular weight excluding hydrogens is 444 g/mol. The summed E-state index contributed by atoms with van der Waals surface area (Å²) < 4.78 is 15.7. The quantitative estimate of drug-likeness (QED) is 0.416. The van der Waals surface area contributed by atoms with Gasteiger partial charge < -0.3 is 18.9 Å². The molecule has 0 bridgehead atoms. The molecule has 0 spiro atoms. The fourth-order valence-corrected chi connectivity index (χ4v) is 3.46. The zero-order valence-electron chi connectivity index (χ0n) is 19.0. The largest absolute Gasteiger partial charge is 0.490 e. The average molecular weight is 469 g/mol. The highest BCUT2D eigenvalue weighted by Crippen LogP contribution is 2.31. The summed E-state index contributed by atoms with van der Waals surface area (Å²) >= 11 is 6.50. The minimum atomic E-state index is -0.243. The molecule has 3 aromatic rings. The van der Waals surface area contributed by atoms with E-state index in [0.717, 1.165) is 5.56 Å². The Hall–Kier alpha value is -3.41. The molecule has 0 saturated heterocycles. The van der Waals surface area contributed by atoms with Gasteiger partial charge in [-0.2, -0.15) is 10.2 Å². The van der Waals surface area contributed by atoms with Crippen LogP contribution in [0.15, 0.2) is 40.9 Å². The maximum absolute atomic E-state index is 11.3. The minimum absolute atomic E-state index is 0.0456. The molecule has 0 unspecified atom stereocenters. The third-order valence-corrected chi connectivity index (χ3v) is 5.10. The molecule has 33 heavy (non-hydrogen) atoms. The minimum Gasteiger partial charge on any atom is -0.490 e. The molecule has 1 heterocycles. The maximum Gasteiger partial charge on any atom is 0.306 e. The van der Waals surface area contributed by atoms with Crippen LogP contribution in [0.3, 0.4) is 0 Å². The van der Waals surface area contributed by atoms with Gasteiger partial charge in [-0.05, 0) is 56.8 Å². The molecule has 0 radical (unpaired) electrons. The Balaban J connectivity index is 1.75. The molecular formula is C24H25ClN4O4. The number of esters is 1. The molecule has 172 valence electrons. The van der Waals surface area contributed by atoms with E-state index in [0.29, 0.717) is 52.8 Å². The van der Waals surface area contributed by atoms with Crippen molar-refractivity contribution >= 4 is 17.6 Å². The second kappa shape index (κ2) is 10.9. The smallest absolute Gasteiger partial charge is 0.306 e. The number of methoxy groups -OCH3 is 1. The molecule has 8 nitrogen and oxygen atoms in total. The van der Waals surface area contributed by atoms with Crippen LogP contribution >= 0.6 is 11.6 Å². The fraction of sp³-hybridized carbons (Fsp3) is 0.333. The van der Waals surface area contributed by atoms with Crippen LogP contribution in [0.25, 0.3) is 22.8 Å². The zero-order chi connectivity index (χ0) is 24.0. The van der Waals surface area contributed by atoms with Crippen LogP contribution in [0.1, 0.15) is 31.4 Å². The molecule has 0 amide bonds. The van der Waals surface area contributed by atoms with Gasteiger partial charge in [0.1, 0.15) is 11.8 Å². The first kappa shape index (κ1) is 24.2. The molecule has 0 fully saturated rings. The summed E-state index contributed by atoms with van der Waals surface area (Å²) in [5.74, 6) is 0.889. The number of hydrogen-bond donors (Lipinski definition) is 0. The van der Waals surface area contributed by atoms with Crippen LogP contribution in [0.4, 0.5) is 0 Å². The lowest BCUT2D eigenvalue weighted by molar-refractivity contribution is -0.140. The van der Waals surface area contributed by atoms with Crippen molar-refractivity contribution in [1.82, 2.24) is 15.0 Å². The van der Waals surface area contributed by atoms with Crippen molar-refractivity contribution in [3.8, 4) is 34.7 Å². The lowest BCUT2D eigenvalue weighted by Gasteiger charge is -2.16. The van der Waals surface area contributed by atoms with Gasteiger partial charge in [0.05, 0.1) is 30.2 Å². The Labute approximate surface area is 197 Å². The Morgan fingerprint density at radius 1 is 1.27 bits per heavy atom. The van der Waals surface area contributed by atoms with Gasteiger partial charge >= 0.3 is 5.97 Å². The van der Waals surface area contributed by atoms with Crippen LogP contribution in [-0.4, -0.2) is 47.8 Å². The van der Waals surface area contributed by atoms with Crippen LogP contribution in [0.5, 0.6) is 5.75 Å². The molecule has 0 saturated carbocycles. The van der Waals surface area contributed by atoms with Gasteiger partial charge in [-0.3, -0.25) is 4.79 Å². The number of halogens is 1. The van der Waals surface area contributed by atoms with Crippen LogP contribution in [-0.2, 0) is 16.1 Å². The summed E-state index contributed by atoms with van der Waals surface area (Å²) in [5, 5.41) is 14.0. The lowest BCUT2D eigenvalue weighted by atomic mass is 10.1. The summed E-state index contributed by atoms with van der Waals surface area (Å²) in [6.07, 6.45) is 0.276. The first-order valence-corrected chi connectivity index (χ1v) is 10.8. The molecule has 0 atom stereocenters. The van der Waals surface area contributed by atoms with Gasteiger partial charge in [0.15, 0.2) is 0 Å². The van der Waals surface area contributed by atoms with E-state index in [4.69, 9.17) is 20.9 Å². The number of hydrogen-bond acceptors (Lipinski definition) is 8. The third-order valence-electron chi connectivity index (χ3n) is 4.79. The van der Waals surface area contributed by atoms with Gasteiger partial charge in [-0.15, -0.1) is 0 Å². The van der Waals surface area contributed by atoms with Gasteiger partial charge in [-0.1, -0.05) is 22.8 Å². The van der Waals surface area contributed by atoms with E-state index in [9.17, 15) is 10.1 Å². The number of carbonyl (C=O) groups is 1. The Morgan fingerprint density at radius 2 is 2.06 bits per heavy atom. The lowest BCUT2D eigenvalue weighted by Crippen LogP contribution is -2.21. The fourth-order valence-electron chi connectivity index (χ4n) is 3.17. The normalized spacial score (nSPS) is 11.0. The van der Waals surface area contributed by atoms with Crippen molar-refractivity contribution < 1.29 is 18.8 Å². The van der Waals surface area contributed by atoms with E-state index < -0.39 is 0 Å². The van der Waals surface area contributed by atoms with Crippen molar-refractivity contribution in [3.63, 3.8) is 0 Å². The molecule has 3 rings (SSSR count). The van der Waals surface area contributed by atoms with Crippen LogP contribution in [0.2, 0.25) is 5.02 Å². The van der Waals surface area contributed by atoms with E-state index in [2.05, 4.69) is 20.9 Å². The Bertz CT molecular complexity index is 1170. The topological polar surface area (TPSA) is 101 Å². The molecule has 2 aromatic carbocycles. The van der Waals surface area contributed by atoms with Crippen molar-refractivity contribution in [2.75, 3.05) is 20.7 Å². The van der Waals surface area contributed by atoms with Crippen molar-refractivity contribution in [3.05, 3.63) is 52.5 Å². The number of benzene rings is 2. The van der Waals surface area contributed by atoms with Gasteiger partial charge in [0.25, 0.3) is 5.89 Å². The SMILES string of the molecule is COC(=O)CCN(C)Cc1ccc(-c2noc(-c3ccc(OC(C)C)c(C#N)c3)n2)c(Cl)c1. The predicted molar refractivity (Wildman–Crippen MR) is 124 cm³/mol. The zero-order valence-corrected chi connectivity index (χ0v) is 19.7. The summed E-state index contributed by atoms with van der Waals surface area (Å²) in [4.78, 5) is 17.8. The Morgan fingerprint density at radius 3 is 2.73 bits per heavy atom. The standard InChI is InChI=1S/C24H25ClN4O4/c1-15(2)32-21-8-6-17(12-18(21)13-26)24-27-23(28-33-24)19-7-5-16(11-20(19)25)14-29(3)10-9-22(30)31-4/h5-8,11-12,15H,9-10,14H2,1-4H3. The molecule has 0 aliphatic rings. The van der Waals surface area contributed by atoms with E-state index in [1.165, 1.54) is 7.11 Å². The first-order chi connectivity index (χ1) is 15.8. The molecule has 0 aliphatic heterocycles. The summed E-state index contributed by atoms with van der Waals surface area (Å²) in [7, 11) is 3.30. The van der Waals surface area contributed by atoms with E-state index in [-0.39, 0.29) is 18.0 Å². The number of carbonyl (C=O) groups excluding carboxylic acids is 1. The molecule has 0 N–H and O–H groups in total. The van der Waals surface area contributed by atoms with E-state index in [1.807, 2.05) is 44.0 Å². The number of nitrogens with zero attached hydrogens (tertiary/aromatic N) is 4. The second-order valence-corrected chi connectivity index (χ2v) is 8.20. The van der Waals surface area contributed by atoms with Gasteiger partial charge in [0.2, 0.25) is 5.82 Å². The average Bonchev–Trinajstić information content (AvgIpc) is 3.27. The highest BCUT2D eigenvalue weighted by Gasteiger charge is 2.16.